The summed E-state index contributed by atoms with van der Waals surface area (Å²) in [5.74, 6) is -4.73. The van der Waals surface area contributed by atoms with Crippen LogP contribution < -0.4 is 5.73 Å². The molecular weight excluding hydrogens is 231 g/mol. The Bertz CT molecular complexity index is 411. The van der Waals surface area contributed by atoms with Gasteiger partial charge in [0.05, 0.1) is 5.56 Å². The minimum absolute atomic E-state index is 0.394. The molecule has 0 heterocycles. The zero-order valence-corrected chi connectivity index (χ0v) is 9.97. The molecule has 0 bridgehead atoms. The molecule has 1 aromatic rings. The molecule has 0 saturated heterocycles. The Labute approximate surface area is 98.3 Å². The number of alkyl halides is 2. The van der Waals surface area contributed by atoms with Crippen LogP contribution in [0.4, 0.5) is 13.2 Å². The minimum Gasteiger partial charge on any atom is -0.384 e. The van der Waals surface area contributed by atoms with Crippen molar-refractivity contribution in [3.8, 4) is 0 Å². The first kappa shape index (κ1) is 14.0. The van der Waals surface area contributed by atoms with Crippen LogP contribution >= 0.6 is 0 Å². The van der Waals surface area contributed by atoms with Crippen molar-refractivity contribution in [2.45, 2.75) is 38.3 Å². The van der Waals surface area contributed by atoms with Gasteiger partial charge >= 0.3 is 5.92 Å². The van der Waals surface area contributed by atoms with Crippen LogP contribution in [0.1, 0.15) is 37.9 Å². The van der Waals surface area contributed by atoms with Crippen molar-refractivity contribution in [2.24, 2.45) is 5.73 Å². The molecule has 0 aliphatic heterocycles. The Morgan fingerprint density at radius 1 is 1.29 bits per heavy atom. The highest BCUT2D eigenvalue weighted by molar-refractivity contribution is 5.31. The van der Waals surface area contributed by atoms with Crippen molar-refractivity contribution in [1.29, 1.82) is 0 Å². The van der Waals surface area contributed by atoms with Gasteiger partial charge in [0.15, 0.2) is 0 Å². The number of aliphatic hydroxyl groups is 1. The number of hydrogen-bond donors (Lipinski definition) is 2. The Hall–Kier alpha value is -1.07. The van der Waals surface area contributed by atoms with Crippen LogP contribution in [-0.4, -0.2) is 10.7 Å². The standard InChI is InChI=1S/C12H16F3NO/c1-7(16)8-4-5-10(13)9(6-8)12(14,15)11(2,3)17/h4-7,17H,16H2,1-3H3/t7-/m1/s1. The number of benzene rings is 1. The van der Waals surface area contributed by atoms with Crippen LogP contribution in [0.5, 0.6) is 0 Å². The summed E-state index contributed by atoms with van der Waals surface area (Å²) in [7, 11) is 0. The average Bonchev–Trinajstić information content (AvgIpc) is 2.15. The monoisotopic (exact) mass is 247 g/mol. The number of hydrogen-bond acceptors (Lipinski definition) is 2. The van der Waals surface area contributed by atoms with Gasteiger partial charge < -0.3 is 10.8 Å². The van der Waals surface area contributed by atoms with E-state index in [0.29, 0.717) is 5.56 Å². The number of halogens is 3. The summed E-state index contributed by atoms with van der Waals surface area (Å²) in [6.07, 6.45) is 0. The van der Waals surface area contributed by atoms with Crippen molar-refractivity contribution in [3.63, 3.8) is 0 Å². The quantitative estimate of drug-likeness (QED) is 0.862. The Morgan fingerprint density at radius 3 is 2.24 bits per heavy atom. The summed E-state index contributed by atoms with van der Waals surface area (Å²) < 4.78 is 41.1. The lowest BCUT2D eigenvalue weighted by Crippen LogP contribution is -2.41. The van der Waals surface area contributed by atoms with E-state index in [1.54, 1.807) is 6.92 Å². The first-order chi connectivity index (χ1) is 7.57. The smallest absolute Gasteiger partial charge is 0.303 e. The molecule has 0 aliphatic carbocycles. The van der Waals surface area contributed by atoms with Crippen molar-refractivity contribution >= 4 is 0 Å². The number of rotatable bonds is 3. The molecule has 1 rings (SSSR count). The van der Waals surface area contributed by atoms with E-state index in [0.717, 1.165) is 26.0 Å². The molecule has 0 unspecified atom stereocenters. The maximum absolute atomic E-state index is 13.8. The molecule has 0 fully saturated rings. The maximum Gasteiger partial charge on any atom is 0.303 e. The second-order valence-electron chi connectivity index (χ2n) is 4.66. The molecule has 17 heavy (non-hydrogen) atoms. The molecule has 5 heteroatoms. The fraction of sp³-hybridized carbons (Fsp3) is 0.500. The van der Waals surface area contributed by atoms with E-state index in [-0.39, 0.29) is 0 Å². The van der Waals surface area contributed by atoms with E-state index in [1.807, 2.05) is 0 Å². The van der Waals surface area contributed by atoms with Gasteiger partial charge in [0.1, 0.15) is 11.4 Å². The van der Waals surface area contributed by atoms with Crippen molar-refractivity contribution in [3.05, 3.63) is 35.1 Å². The molecular formula is C12H16F3NO. The maximum atomic E-state index is 13.8. The fourth-order valence-corrected chi connectivity index (χ4v) is 1.40. The van der Waals surface area contributed by atoms with Crippen LogP contribution in [0.2, 0.25) is 0 Å². The van der Waals surface area contributed by atoms with Crippen molar-refractivity contribution in [1.82, 2.24) is 0 Å². The van der Waals surface area contributed by atoms with Crippen molar-refractivity contribution in [2.75, 3.05) is 0 Å². The molecule has 1 atom stereocenters. The van der Waals surface area contributed by atoms with Gasteiger partial charge in [-0.15, -0.1) is 0 Å². The molecule has 0 saturated carbocycles. The summed E-state index contributed by atoms with van der Waals surface area (Å²) in [5, 5.41) is 9.40. The van der Waals surface area contributed by atoms with Gasteiger partial charge in [-0.3, -0.25) is 0 Å². The molecule has 2 nitrogen and oxygen atoms in total. The van der Waals surface area contributed by atoms with Crippen LogP contribution in [0.3, 0.4) is 0 Å². The van der Waals surface area contributed by atoms with Gasteiger partial charge in [-0.05, 0) is 38.5 Å². The summed E-state index contributed by atoms with van der Waals surface area (Å²) in [6, 6.07) is 2.81. The molecule has 1 aromatic carbocycles. The summed E-state index contributed by atoms with van der Waals surface area (Å²) in [5.41, 5.74) is 2.77. The predicted octanol–water partition coefficient (Wildman–Crippen LogP) is 2.71. The lowest BCUT2D eigenvalue weighted by atomic mass is 9.91. The largest absolute Gasteiger partial charge is 0.384 e. The summed E-state index contributed by atoms with van der Waals surface area (Å²) in [6.45, 7) is 3.48. The van der Waals surface area contributed by atoms with Gasteiger partial charge in [0.25, 0.3) is 0 Å². The van der Waals surface area contributed by atoms with E-state index in [1.165, 1.54) is 6.07 Å². The van der Waals surface area contributed by atoms with E-state index in [4.69, 9.17) is 5.73 Å². The fourth-order valence-electron chi connectivity index (χ4n) is 1.40. The van der Waals surface area contributed by atoms with E-state index < -0.39 is 28.9 Å². The van der Waals surface area contributed by atoms with Crippen LogP contribution in [0.15, 0.2) is 18.2 Å². The normalized spacial score (nSPS) is 14.8. The zero-order chi connectivity index (χ0) is 13.4. The lowest BCUT2D eigenvalue weighted by molar-refractivity contribution is -0.170. The predicted molar refractivity (Wildman–Crippen MR) is 59.2 cm³/mol. The Morgan fingerprint density at radius 2 is 1.82 bits per heavy atom. The van der Waals surface area contributed by atoms with Crippen molar-refractivity contribution < 1.29 is 18.3 Å². The SMILES string of the molecule is C[C@@H](N)c1ccc(F)c(C(F)(F)C(C)(C)O)c1. The minimum atomic E-state index is -3.68. The molecule has 96 valence electrons. The summed E-state index contributed by atoms with van der Waals surface area (Å²) in [4.78, 5) is 0. The van der Waals surface area contributed by atoms with Crippen LogP contribution in [0, 0.1) is 5.82 Å². The van der Waals surface area contributed by atoms with Gasteiger partial charge in [-0.25, -0.2) is 4.39 Å². The van der Waals surface area contributed by atoms with E-state index in [9.17, 15) is 18.3 Å². The molecule has 0 aromatic heterocycles. The van der Waals surface area contributed by atoms with E-state index >= 15 is 0 Å². The lowest BCUT2D eigenvalue weighted by Gasteiger charge is -2.30. The summed E-state index contributed by atoms with van der Waals surface area (Å²) >= 11 is 0. The third kappa shape index (κ3) is 2.61. The Kier molecular flexibility index (Phi) is 3.55. The topological polar surface area (TPSA) is 46.2 Å². The second-order valence-corrected chi connectivity index (χ2v) is 4.66. The van der Waals surface area contributed by atoms with Gasteiger partial charge in [0, 0.05) is 6.04 Å². The van der Waals surface area contributed by atoms with E-state index in [2.05, 4.69) is 0 Å². The molecule has 0 radical (unpaired) electrons. The van der Waals surface area contributed by atoms with Gasteiger partial charge in [0.2, 0.25) is 0 Å². The van der Waals surface area contributed by atoms with Gasteiger partial charge in [-0.1, -0.05) is 6.07 Å². The Balaban J connectivity index is 3.35. The molecule has 3 N–H and O–H groups in total. The second kappa shape index (κ2) is 4.31. The van der Waals surface area contributed by atoms with Gasteiger partial charge in [-0.2, -0.15) is 8.78 Å². The van der Waals surface area contributed by atoms with Crippen LogP contribution in [0.25, 0.3) is 0 Å². The highest BCUT2D eigenvalue weighted by atomic mass is 19.3. The third-order valence-electron chi connectivity index (χ3n) is 2.62. The first-order valence-corrected chi connectivity index (χ1v) is 5.23. The highest BCUT2D eigenvalue weighted by Crippen LogP contribution is 2.40. The first-order valence-electron chi connectivity index (χ1n) is 5.23. The van der Waals surface area contributed by atoms with Crippen LogP contribution in [-0.2, 0) is 5.92 Å². The molecule has 0 spiro atoms. The average molecular weight is 247 g/mol. The molecule has 0 amide bonds. The number of nitrogens with two attached hydrogens (primary N) is 1. The zero-order valence-electron chi connectivity index (χ0n) is 9.97. The highest BCUT2D eigenvalue weighted by Gasteiger charge is 2.48. The molecule has 0 aliphatic rings. The third-order valence-corrected chi connectivity index (χ3v) is 2.62.